The van der Waals surface area contributed by atoms with E-state index in [1.54, 1.807) is 0 Å². The number of hydrogen-bond acceptors (Lipinski definition) is 3. The van der Waals surface area contributed by atoms with Gasteiger partial charge < -0.3 is 10.1 Å². The van der Waals surface area contributed by atoms with Gasteiger partial charge in [-0.1, -0.05) is 30.3 Å². The van der Waals surface area contributed by atoms with Crippen LogP contribution in [0.25, 0.3) is 5.41 Å². The maximum absolute atomic E-state index is 11.6. The Kier molecular flexibility index (Phi) is 3.87. The Balaban J connectivity index is 2.29. The fraction of sp³-hybridized carbons (Fsp3) is 0.385. The first-order valence-corrected chi connectivity index (χ1v) is 5.83. The van der Waals surface area contributed by atoms with Gasteiger partial charge in [-0.3, -0.25) is 0 Å². The van der Waals surface area contributed by atoms with Crippen LogP contribution in [0, 0.1) is 4.91 Å². The van der Waals surface area contributed by atoms with E-state index in [4.69, 9.17) is 15.0 Å². The van der Waals surface area contributed by atoms with Crippen molar-refractivity contribution < 1.29 is 14.5 Å². The molecular weight excluding hydrogens is 232 g/mol. The van der Waals surface area contributed by atoms with Gasteiger partial charge in [-0.2, -0.15) is 10.7 Å². The molecule has 0 radical (unpaired) electrons. The molecule has 18 heavy (non-hydrogen) atoms. The maximum Gasteiger partial charge on any atom is 0.320 e. The zero-order valence-electron chi connectivity index (χ0n) is 10.1. The lowest BCUT2D eigenvalue weighted by molar-refractivity contribution is -0.800. The Hall–Kier alpha value is -1.97. The van der Waals surface area contributed by atoms with Crippen LogP contribution >= 0.6 is 0 Å². The molecule has 1 aliphatic rings. The van der Waals surface area contributed by atoms with Crippen LogP contribution in [0.4, 0.5) is 0 Å². The number of benzene rings is 1. The van der Waals surface area contributed by atoms with Crippen LogP contribution in [0.15, 0.2) is 36.0 Å². The van der Waals surface area contributed by atoms with Crippen molar-refractivity contribution in [1.82, 2.24) is 0 Å². The molecule has 0 bridgehead atoms. The highest BCUT2D eigenvalue weighted by atomic mass is 16.8. The van der Waals surface area contributed by atoms with E-state index in [0.717, 1.165) is 5.56 Å². The third kappa shape index (κ3) is 2.47. The van der Waals surface area contributed by atoms with Gasteiger partial charge in [0.25, 0.3) is 11.2 Å². The highest BCUT2D eigenvalue weighted by molar-refractivity contribution is 5.60. The van der Waals surface area contributed by atoms with Crippen LogP contribution in [0.2, 0.25) is 0 Å². The van der Waals surface area contributed by atoms with Gasteiger partial charge in [0.1, 0.15) is 0 Å². The van der Waals surface area contributed by atoms with Crippen molar-refractivity contribution in [2.24, 2.45) is 0 Å². The summed E-state index contributed by atoms with van der Waals surface area (Å²) in [6.45, 7) is 2.29. The smallest absolute Gasteiger partial charge is 0.320 e. The highest BCUT2D eigenvalue weighted by Crippen LogP contribution is 2.33. The van der Waals surface area contributed by atoms with E-state index in [0.29, 0.717) is 13.0 Å². The zero-order valence-corrected chi connectivity index (χ0v) is 10.1. The molecule has 5 heteroatoms. The molecule has 1 heterocycles. The largest absolute Gasteiger partial charge is 0.758 e. The first kappa shape index (κ1) is 12.5. The van der Waals surface area contributed by atoms with E-state index in [-0.39, 0.29) is 16.5 Å². The second kappa shape index (κ2) is 5.58. The van der Waals surface area contributed by atoms with Crippen LogP contribution in [0.1, 0.15) is 24.8 Å². The first-order chi connectivity index (χ1) is 8.76. The molecule has 0 aromatic heterocycles. The average Bonchev–Trinajstić information content (AvgIpc) is 2.39. The molecule has 0 N–H and O–H groups in total. The van der Waals surface area contributed by atoms with E-state index in [2.05, 4.69) is 0 Å². The molecule has 1 fully saturated rings. The van der Waals surface area contributed by atoms with Crippen molar-refractivity contribution in [3.63, 3.8) is 0 Å². The predicted molar refractivity (Wildman–Crippen MR) is 65.8 cm³/mol. The summed E-state index contributed by atoms with van der Waals surface area (Å²) in [5, 5.41) is 9.06. The molecule has 1 aromatic carbocycles. The van der Waals surface area contributed by atoms with Gasteiger partial charge in [-0.05, 0) is 12.5 Å². The van der Waals surface area contributed by atoms with Crippen molar-refractivity contribution >= 4 is 5.87 Å². The van der Waals surface area contributed by atoms with Gasteiger partial charge in [0.2, 0.25) is 0 Å². The minimum Gasteiger partial charge on any atom is -0.758 e. The van der Waals surface area contributed by atoms with Crippen molar-refractivity contribution in [3.8, 4) is 0 Å². The summed E-state index contributed by atoms with van der Waals surface area (Å²) in [7, 11) is 0. The van der Waals surface area contributed by atoms with Crippen LogP contribution < -0.4 is 0 Å². The summed E-state index contributed by atoms with van der Waals surface area (Å²) >= 11 is 0. The number of rotatable bonds is 3. The Morgan fingerprint density at radius 3 is 2.83 bits per heavy atom. The zero-order chi connectivity index (χ0) is 13.0. The summed E-state index contributed by atoms with van der Waals surface area (Å²) in [6.07, 6.45) is -0.130. The molecule has 0 unspecified atom stereocenters. The average molecular weight is 246 g/mol. The fourth-order valence-corrected chi connectivity index (χ4v) is 2.02. The Bertz CT molecular complexity index is 480. The van der Waals surface area contributed by atoms with Crippen LogP contribution in [-0.2, 0) is 9.57 Å². The van der Waals surface area contributed by atoms with Gasteiger partial charge in [0.15, 0.2) is 0 Å². The van der Waals surface area contributed by atoms with Crippen LogP contribution in [0.3, 0.4) is 0 Å². The Labute approximate surface area is 105 Å². The molecule has 0 saturated carbocycles. The van der Waals surface area contributed by atoms with E-state index in [1.807, 2.05) is 43.1 Å². The van der Waals surface area contributed by atoms with Crippen molar-refractivity contribution in [3.05, 3.63) is 51.9 Å². The topological polar surface area (TPSA) is 60.8 Å². The standard InChI is InChI=1S/C13H14N2O3/c1-2-17-13-8-11(10-6-4-3-5-7-10)12(9-14)15(16)18-13/h3-7,11,13H,2,8H2,1H3/t11-,13-/m0/s1. The van der Waals surface area contributed by atoms with E-state index in [9.17, 15) is 4.91 Å². The summed E-state index contributed by atoms with van der Waals surface area (Å²) in [6, 6.07) is 9.44. The van der Waals surface area contributed by atoms with Crippen molar-refractivity contribution in [2.45, 2.75) is 25.6 Å². The van der Waals surface area contributed by atoms with Gasteiger partial charge in [-0.25, -0.2) is 0 Å². The molecule has 5 nitrogen and oxygen atoms in total. The molecule has 0 aliphatic carbocycles. The third-order valence-electron chi connectivity index (χ3n) is 2.84. The number of allylic oxidation sites excluding steroid dienone is 1. The summed E-state index contributed by atoms with van der Waals surface area (Å²) in [5.41, 5.74) is 0.986. The van der Waals surface area contributed by atoms with Crippen LogP contribution in [0.5, 0.6) is 0 Å². The molecule has 94 valence electrons. The maximum atomic E-state index is 11.6. The summed E-state index contributed by atoms with van der Waals surface area (Å²) in [4.78, 5) is 16.9. The molecule has 0 spiro atoms. The lowest BCUT2D eigenvalue weighted by Crippen LogP contribution is -2.33. The Morgan fingerprint density at radius 2 is 2.22 bits per heavy atom. The van der Waals surface area contributed by atoms with E-state index in [1.165, 1.54) is 0 Å². The minimum absolute atomic E-state index is 0.0668. The van der Waals surface area contributed by atoms with Crippen molar-refractivity contribution in [1.29, 1.82) is 0 Å². The van der Waals surface area contributed by atoms with E-state index >= 15 is 0 Å². The van der Waals surface area contributed by atoms with Gasteiger partial charge in [0, 0.05) is 13.0 Å². The Morgan fingerprint density at radius 1 is 1.50 bits per heavy atom. The number of nitrogens with zero attached hydrogens (tertiary/aromatic N) is 2. The minimum atomic E-state index is -0.602. The van der Waals surface area contributed by atoms with Gasteiger partial charge in [-0.15, -0.1) is 0 Å². The van der Waals surface area contributed by atoms with Gasteiger partial charge >= 0.3 is 5.70 Å². The lowest BCUT2D eigenvalue weighted by Gasteiger charge is -2.22. The molecule has 2 atom stereocenters. The molecule has 1 aliphatic heterocycles. The SMILES string of the molecule is CCO[C@@H]1C[C@@H](c2ccccc2)C(=C=[N-])[N+](=O)O1. The fourth-order valence-electron chi connectivity index (χ4n) is 2.02. The normalized spacial score (nSPS) is 23.4. The summed E-state index contributed by atoms with van der Waals surface area (Å²) < 4.78 is 5.31. The number of ether oxygens (including phenoxy) is 1. The highest BCUT2D eigenvalue weighted by Gasteiger charge is 2.42. The van der Waals surface area contributed by atoms with Crippen LogP contribution in [-0.4, -0.2) is 23.7 Å². The number of hydrogen-bond donors (Lipinski definition) is 0. The summed E-state index contributed by atoms with van der Waals surface area (Å²) in [5.74, 6) is 1.64. The molecule has 1 aromatic rings. The molecular formula is C13H14N2O3. The van der Waals surface area contributed by atoms with Gasteiger partial charge in [0.05, 0.1) is 10.8 Å². The molecule has 2 rings (SSSR count). The second-order valence-corrected chi connectivity index (χ2v) is 3.94. The second-order valence-electron chi connectivity index (χ2n) is 3.94. The third-order valence-corrected chi connectivity index (χ3v) is 2.84. The first-order valence-electron chi connectivity index (χ1n) is 5.83. The molecule has 1 saturated heterocycles. The monoisotopic (exact) mass is 246 g/mol. The quantitative estimate of drug-likeness (QED) is 0.769. The van der Waals surface area contributed by atoms with E-state index < -0.39 is 6.29 Å². The molecule has 0 amide bonds. The van der Waals surface area contributed by atoms with Crippen molar-refractivity contribution in [2.75, 3.05) is 6.61 Å². The predicted octanol–water partition coefficient (Wildman–Crippen LogP) is 2.37. The lowest BCUT2D eigenvalue weighted by atomic mass is 9.92.